The second kappa shape index (κ2) is 6.45. The van der Waals surface area contributed by atoms with E-state index in [2.05, 4.69) is 5.32 Å². The van der Waals surface area contributed by atoms with Gasteiger partial charge in [0.1, 0.15) is 6.61 Å². The molecule has 0 bridgehead atoms. The minimum Gasteiger partial charge on any atom is -0.445 e. The predicted octanol–water partition coefficient (Wildman–Crippen LogP) is 1.78. The molecule has 1 aromatic carbocycles. The number of amides is 1. The summed E-state index contributed by atoms with van der Waals surface area (Å²) < 4.78 is 11.4. The molecule has 2 aliphatic rings. The van der Waals surface area contributed by atoms with E-state index in [1.54, 1.807) is 4.90 Å². The lowest BCUT2D eigenvalue weighted by Gasteiger charge is -2.44. The lowest BCUT2D eigenvalue weighted by molar-refractivity contribution is -0.118. The molecule has 1 N–H and O–H groups in total. The summed E-state index contributed by atoms with van der Waals surface area (Å²) in [4.78, 5) is 14.0. The highest BCUT2D eigenvalue weighted by molar-refractivity contribution is 5.67. The third kappa shape index (κ3) is 3.54. The van der Waals surface area contributed by atoms with Gasteiger partial charge < -0.3 is 19.7 Å². The molecule has 1 spiro atoms. The van der Waals surface area contributed by atoms with E-state index in [4.69, 9.17) is 9.47 Å². The third-order valence-corrected chi connectivity index (χ3v) is 4.23. The van der Waals surface area contributed by atoms with E-state index in [9.17, 15) is 4.79 Å². The van der Waals surface area contributed by atoms with Gasteiger partial charge in [0.25, 0.3) is 0 Å². The van der Waals surface area contributed by atoms with Crippen molar-refractivity contribution in [3.8, 4) is 0 Å². The van der Waals surface area contributed by atoms with Crippen LogP contribution in [0.4, 0.5) is 4.79 Å². The van der Waals surface area contributed by atoms with Crippen LogP contribution in [0.2, 0.25) is 0 Å². The molecule has 3 rings (SSSR count). The van der Waals surface area contributed by atoms with Gasteiger partial charge in [0.2, 0.25) is 0 Å². The van der Waals surface area contributed by atoms with Crippen LogP contribution < -0.4 is 5.32 Å². The first-order valence-corrected chi connectivity index (χ1v) is 7.58. The Hall–Kier alpha value is -1.59. The molecule has 5 nitrogen and oxygen atoms in total. The van der Waals surface area contributed by atoms with Gasteiger partial charge in [0.15, 0.2) is 0 Å². The molecule has 5 heteroatoms. The number of nitrogens with zero attached hydrogens (tertiary/aromatic N) is 1. The van der Waals surface area contributed by atoms with Gasteiger partial charge in [-0.25, -0.2) is 4.79 Å². The van der Waals surface area contributed by atoms with Crippen LogP contribution in [0.1, 0.15) is 18.4 Å². The van der Waals surface area contributed by atoms with E-state index < -0.39 is 0 Å². The lowest BCUT2D eigenvalue weighted by atomic mass is 9.90. The number of carbonyl (C=O) groups is 1. The van der Waals surface area contributed by atoms with E-state index in [0.717, 1.165) is 31.5 Å². The fraction of sp³-hybridized carbons (Fsp3) is 0.562. The first kappa shape index (κ1) is 14.4. The zero-order chi connectivity index (χ0) is 14.5. The summed E-state index contributed by atoms with van der Waals surface area (Å²) in [5.41, 5.74) is 0.839. The van der Waals surface area contributed by atoms with E-state index in [-0.39, 0.29) is 11.7 Å². The number of hydrogen-bond donors (Lipinski definition) is 1. The summed E-state index contributed by atoms with van der Waals surface area (Å²) in [5, 5.41) is 3.33. The van der Waals surface area contributed by atoms with E-state index in [1.807, 2.05) is 30.3 Å². The number of nitrogens with one attached hydrogen (secondary N) is 1. The maximum atomic E-state index is 12.2. The maximum Gasteiger partial charge on any atom is 0.410 e. The van der Waals surface area contributed by atoms with Gasteiger partial charge >= 0.3 is 6.09 Å². The Morgan fingerprint density at radius 2 is 2.05 bits per heavy atom. The molecular weight excluding hydrogens is 268 g/mol. The fourth-order valence-corrected chi connectivity index (χ4v) is 3.00. The van der Waals surface area contributed by atoms with Crippen LogP contribution in [-0.2, 0) is 16.1 Å². The van der Waals surface area contributed by atoms with Gasteiger partial charge in [-0.05, 0) is 31.5 Å². The van der Waals surface area contributed by atoms with Crippen LogP contribution in [0.15, 0.2) is 30.3 Å². The molecule has 0 aliphatic carbocycles. The van der Waals surface area contributed by atoms with Crippen molar-refractivity contribution in [3.63, 3.8) is 0 Å². The maximum absolute atomic E-state index is 12.2. The molecule has 2 heterocycles. The minimum atomic E-state index is -0.236. The van der Waals surface area contributed by atoms with Crippen molar-refractivity contribution < 1.29 is 14.3 Å². The number of rotatable bonds is 2. The van der Waals surface area contributed by atoms with Crippen LogP contribution >= 0.6 is 0 Å². The average Bonchev–Trinajstić information content (AvgIpc) is 2.54. The Labute approximate surface area is 125 Å². The molecule has 0 unspecified atom stereocenters. The summed E-state index contributed by atoms with van der Waals surface area (Å²) >= 11 is 0. The summed E-state index contributed by atoms with van der Waals surface area (Å²) in [6.45, 7) is 4.08. The smallest absolute Gasteiger partial charge is 0.410 e. The first-order chi connectivity index (χ1) is 10.3. The van der Waals surface area contributed by atoms with E-state index in [0.29, 0.717) is 26.3 Å². The standard InChI is InChI=1S/C16H22N2O3/c19-15(20-12-14-4-2-1-3-5-14)18-10-11-21-16(13-18)6-8-17-9-7-16/h1-5,17H,6-13H2. The Morgan fingerprint density at radius 1 is 1.29 bits per heavy atom. The van der Waals surface area contributed by atoms with Gasteiger partial charge in [-0.1, -0.05) is 30.3 Å². The molecule has 1 amide bonds. The first-order valence-electron chi connectivity index (χ1n) is 7.58. The Balaban J connectivity index is 1.54. The topological polar surface area (TPSA) is 50.8 Å². The summed E-state index contributed by atoms with van der Waals surface area (Å²) in [6, 6.07) is 9.76. The van der Waals surface area contributed by atoms with Gasteiger partial charge in [-0.3, -0.25) is 0 Å². The largest absolute Gasteiger partial charge is 0.445 e. The van der Waals surface area contributed by atoms with Gasteiger partial charge in [-0.15, -0.1) is 0 Å². The molecule has 0 radical (unpaired) electrons. The number of benzene rings is 1. The number of carbonyl (C=O) groups excluding carboxylic acids is 1. The normalized spacial score (nSPS) is 21.2. The monoisotopic (exact) mass is 290 g/mol. The highest BCUT2D eigenvalue weighted by atomic mass is 16.6. The third-order valence-electron chi connectivity index (χ3n) is 4.23. The fourth-order valence-electron chi connectivity index (χ4n) is 3.00. The van der Waals surface area contributed by atoms with Crippen molar-refractivity contribution in [2.45, 2.75) is 25.0 Å². The molecule has 0 atom stereocenters. The van der Waals surface area contributed by atoms with Crippen molar-refractivity contribution in [1.29, 1.82) is 0 Å². The molecule has 2 saturated heterocycles. The molecule has 2 fully saturated rings. The molecule has 0 saturated carbocycles. The van der Waals surface area contributed by atoms with Gasteiger partial charge in [-0.2, -0.15) is 0 Å². The van der Waals surface area contributed by atoms with Crippen molar-refractivity contribution >= 4 is 6.09 Å². The van der Waals surface area contributed by atoms with Crippen molar-refractivity contribution in [2.75, 3.05) is 32.8 Å². The van der Waals surface area contributed by atoms with Crippen LogP contribution in [0.25, 0.3) is 0 Å². The minimum absolute atomic E-state index is 0.171. The second-order valence-corrected chi connectivity index (χ2v) is 5.74. The number of ether oxygens (including phenoxy) is 2. The molecular formula is C16H22N2O3. The van der Waals surface area contributed by atoms with E-state index >= 15 is 0 Å². The quantitative estimate of drug-likeness (QED) is 0.902. The Bertz CT molecular complexity index is 466. The average molecular weight is 290 g/mol. The molecule has 21 heavy (non-hydrogen) atoms. The number of hydrogen-bond acceptors (Lipinski definition) is 4. The Kier molecular flexibility index (Phi) is 4.41. The van der Waals surface area contributed by atoms with Crippen molar-refractivity contribution in [2.24, 2.45) is 0 Å². The highest BCUT2D eigenvalue weighted by Gasteiger charge is 2.39. The van der Waals surface area contributed by atoms with Gasteiger partial charge in [0, 0.05) is 6.54 Å². The zero-order valence-corrected chi connectivity index (χ0v) is 12.2. The predicted molar refractivity (Wildman–Crippen MR) is 79.0 cm³/mol. The summed E-state index contributed by atoms with van der Waals surface area (Å²) in [6.07, 6.45) is 1.67. The van der Waals surface area contributed by atoms with Crippen molar-refractivity contribution in [1.82, 2.24) is 10.2 Å². The summed E-state index contributed by atoms with van der Waals surface area (Å²) in [7, 11) is 0. The molecule has 1 aromatic rings. The van der Waals surface area contributed by atoms with Crippen LogP contribution in [0.3, 0.4) is 0 Å². The van der Waals surface area contributed by atoms with Crippen LogP contribution in [0, 0.1) is 0 Å². The lowest BCUT2D eigenvalue weighted by Crippen LogP contribution is -2.57. The van der Waals surface area contributed by atoms with Crippen molar-refractivity contribution in [3.05, 3.63) is 35.9 Å². The zero-order valence-electron chi connectivity index (χ0n) is 12.2. The SMILES string of the molecule is O=C(OCc1ccccc1)N1CCOC2(CCNCC2)C1. The van der Waals surface area contributed by atoms with Gasteiger partial charge in [0.05, 0.1) is 18.8 Å². The number of piperidine rings is 1. The van der Waals surface area contributed by atoms with Crippen LogP contribution in [0.5, 0.6) is 0 Å². The second-order valence-electron chi connectivity index (χ2n) is 5.74. The highest BCUT2D eigenvalue weighted by Crippen LogP contribution is 2.27. The number of morpholine rings is 1. The summed E-state index contributed by atoms with van der Waals surface area (Å²) in [5.74, 6) is 0. The van der Waals surface area contributed by atoms with E-state index in [1.165, 1.54) is 0 Å². The van der Waals surface area contributed by atoms with Crippen LogP contribution in [-0.4, -0.2) is 49.4 Å². The Morgan fingerprint density at radius 3 is 2.81 bits per heavy atom. The molecule has 0 aromatic heterocycles. The molecule has 114 valence electrons. The molecule has 2 aliphatic heterocycles.